The van der Waals surface area contributed by atoms with Crippen LogP contribution in [0.1, 0.15) is 24.3 Å². The Kier molecular flexibility index (Phi) is 8.89. The third-order valence-corrected chi connectivity index (χ3v) is 5.04. The molecule has 1 heterocycles. The van der Waals surface area contributed by atoms with Crippen molar-refractivity contribution in [1.29, 1.82) is 0 Å². The molecule has 1 aromatic heterocycles. The largest absolute Gasteiger partial charge is 0.503 e. The second kappa shape index (κ2) is 12.3. The van der Waals surface area contributed by atoms with Gasteiger partial charge in [-0.3, -0.25) is 4.79 Å². The van der Waals surface area contributed by atoms with Gasteiger partial charge in [0.15, 0.2) is 23.3 Å². The number of aromatic hydroxyl groups is 1. The van der Waals surface area contributed by atoms with E-state index in [1.807, 2.05) is 48.5 Å². The fraction of sp³-hybridized carbons (Fsp3) is 0.269. The van der Waals surface area contributed by atoms with E-state index in [9.17, 15) is 14.7 Å². The van der Waals surface area contributed by atoms with E-state index < -0.39 is 35.9 Å². The number of hydrogen-bond acceptors (Lipinski definition) is 8. The number of hydrogen-bond donors (Lipinski definition) is 2. The molecule has 184 valence electrons. The van der Waals surface area contributed by atoms with Crippen LogP contribution in [-0.4, -0.2) is 53.9 Å². The van der Waals surface area contributed by atoms with Gasteiger partial charge in [0.2, 0.25) is 0 Å². The molecular weight excluding hydrogens is 452 g/mol. The quantitative estimate of drug-likeness (QED) is 0.401. The van der Waals surface area contributed by atoms with Crippen LogP contribution in [0.25, 0.3) is 0 Å². The van der Waals surface area contributed by atoms with E-state index in [1.165, 1.54) is 26.3 Å². The SMILES string of the molecule is COc1ccnc(C(=O)N[C@@H](C)C(=O)O[C@@H](C)[C@@H](COc2ccccc2)Oc2ccccc2)c1O. The summed E-state index contributed by atoms with van der Waals surface area (Å²) in [6.07, 6.45) is -0.0285. The van der Waals surface area contributed by atoms with Gasteiger partial charge in [-0.15, -0.1) is 0 Å². The lowest BCUT2D eigenvalue weighted by atomic mass is 10.2. The second-order valence-corrected chi connectivity index (χ2v) is 7.64. The van der Waals surface area contributed by atoms with Crippen LogP contribution in [0.2, 0.25) is 0 Å². The number of amides is 1. The van der Waals surface area contributed by atoms with Gasteiger partial charge in [0, 0.05) is 12.3 Å². The fourth-order valence-corrected chi connectivity index (χ4v) is 3.09. The second-order valence-electron chi connectivity index (χ2n) is 7.64. The molecule has 2 N–H and O–H groups in total. The Labute approximate surface area is 203 Å². The molecule has 0 unspecified atom stereocenters. The van der Waals surface area contributed by atoms with E-state index >= 15 is 0 Å². The van der Waals surface area contributed by atoms with Crippen LogP contribution in [-0.2, 0) is 9.53 Å². The molecule has 3 rings (SSSR count). The average Bonchev–Trinajstić information content (AvgIpc) is 2.87. The summed E-state index contributed by atoms with van der Waals surface area (Å²) in [6, 6.07) is 18.7. The third kappa shape index (κ3) is 7.10. The molecule has 0 aliphatic carbocycles. The van der Waals surface area contributed by atoms with Gasteiger partial charge >= 0.3 is 5.97 Å². The molecule has 3 atom stereocenters. The topological polar surface area (TPSA) is 116 Å². The van der Waals surface area contributed by atoms with Crippen molar-refractivity contribution < 1.29 is 33.6 Å². The number of ether oxygens (including phenoxy) is 4. The summed E-state index contributed by atoms with van der Waals surface area (Å²) in [5.41, 5.74) is -0.265. The van der Waals surface area contributed by atoms with Crippen molar-refractivity contribution in [3.63, 3.8) is 0 Å². The Morgan fingerprint density at radius 2 is 1.60 bits per heavy atom. The first-order valence-electron chi connectivity index (χ1n) is 11.0. The van der Waals surface area contributed by atoms with Crippen molar-refractivity contribution in [1.82, 2.24) is 10.3 Å². The number of methoxy groups -OCH3 is 1. The average molecular weight is 481 g/mol. The fourth-order valence-electron chi connectivity index (χ4n) is 3.09. The Balaban J connectivity index is 1.64. The summed E-state index contributed by atoms with van der Waals surface area (Å²) in [5.74, 6) is -0.515. The Morgan fingerprint density at radius 3 is 2.23 bits per heavy atom. The maximum atomic E-state index is 12.7. The standard InChI is InChI=1S/C26H28N2O7/c1-17(28-25(30)23-24(29)21(32-3)14-15-27-23)26(31)34-18(2)22(35-20-12-8-5-9-13-20)16-33-19-10-6-4-7-11-19/h4-15,17-18,22,29H,16H2,1-3H3,(H,28,30)/t17-,18-,22+/m0/s1. The first-order chi connectivity index (χ1) is 16.9. The normalized spacial score (nSPS) is 13.1. The molecule has 0 aliphatic rings. The minimum atomic E-state index is -1.02. The molecule has 0 saturated carbocycles. The summed E-state index contributed by atoms with van der Waals surface area (Å²) >= 11 is 0. The molecule has 0 radical (unpaired) electrons. The highest BCUT2D eigenvalue weighted by molar-refractivity contribution is 5.97. The lowest BCUT2D eigenvalue weighted by molar-refractivity contribution is -0.155. The van der Waals surface area contributed by atoms with Crippen LogP contribution in [0.15, 0.2) is 72.9 Å². The van der Waals surface area contributed by atoms with E-state index in [-0.39, 0.29) is 18.1 Å². The van der Waals surface area contributed by atoms with Gasteiger partial charge in [0.25, 0.3) is 5.91 Å². The summed E-state index contributed by atoms with van der Waals surface area (Å²) < 4.78 is 22.4. The predicted octanol–water partition coefficient (Wildman–Crippen LogP) is 3.37. The van der Waals surface area contributed by atoms with Crippen LogP contribution in [0.5, 0.6) is 23.0 Å². The Bertz CT molecular complexity index is 1110. The third-order valence-electron chi connectivity index (χ3n) is 5.04. The molecule has 3 aromatic rings. The molecule has 9 heteroatoms. The monoisotopic (exact) mass is 480 g/mol. The molecule has 0 saturated heterocycles. The number of aromatic nitrogens is 1. The van der Waals surface area contributed by atoms with Gasteiger partial charge in [-0.25, -0.2) is 9.78 Å². The summed E-state index contributed by atoms with van der Waals surface area (Å²) in [6.45, 7) is 3.28. The maximum absolute atomic E-state index is 12.7. The highest BCUT2D eigenvalue weighted by Crippen LogP contribution is 2.27. The van der Waals surface area contributed by atoms with Crippen molar-refractivity contribution in [3.05, 3.63) is 78.6 Å². The first kappa shape index (κ1) is 25.4. The molecule has 0 fully saturated rings. The molecule has 2 aromatic carbocycles. The van der Waals surface area contributed by atoms with E-state index in [4.69, 9.17) is 18.9 Å². The van der Waals surface area contributed by atoms with Gasteiger partial charge in [0.05, 0.1) is 7.11 Å². The number of rotatable bonds is 11. The molecule has 1 amide bonds. The molecular formula is C26H28N2O7. The maximum Gasteiger partial charge on any atom is 0.328 e. The number of nitrogens with zero attached hydrogens (tertiary/aromatic N) is 1. The smallest absolute Gasteiger partial charge is 0.328 e. The molecule has 0 spiro atoms. The summed E-state index contributed by atoms with van der Waals surface area (Å²) in [7, 11) is 1.35. The number of nitrogens with one attached hydrogen (secondary N) is 1. The predicted molar refractivity (Wildman–Crippen MR) is 128 cm³/mol. The van der Waals surface area contributed by atoms with Crippen molar-refractivity contribution in [2.24, 2.45) is 0 Å². The zero-order chi connectivity index (χ0) is 25.2. The number of pyridine rings is 1. The minimum Gasteiger partial charge on any atom is -0.503 e. The number of para-hydroxylation sites is 2. The van der Waals surface area contributed by atoms with Crippen LogP contribution < -0.4 is 19.5 Å². The van der Waals surface area contributed by atoms with Crippen molar-refractivity contribution in [3.8, 4) is 23.0 Å². The number of carbonyl (C=O) groups excluding carboxylic acids is 2. The molecule has 35 heavy (non-hydrogen) atoms. The van der Waals surface area contributed by atoms with Crippen LogP contribution in [0.3, 0.4) is 0 Å². The highest BCUT2D eigenvalue weighted by Gasteiger charge is 2.28. The van der Waals surface area contributed by atoms with Crippen LogP contribution in [0.4, 0.5) is 0 Å². The number of carbonyl (C=O) groups is 2. The highest BCUT2D eigenvalue weighted by atomic mass is 16.6. The van der Waals surface area contributed by atoms with Crippen molar-refractivity contribution in [2.45, 2.75) is 32.1 Å². The van der Waals surface area contributed by atoms with Gasteiger partial charge in [-0.1, -0.05) is 36.4 Å². The van der Waals surface area contributed by atoms with Gasteiger partial charge in [-0.2, -0.15) is 0 Å². The van der Waals surface area contributed by atoms with Crippen LogP contribution >= 0.6 is 0 Å². The molecule has 9 nitrogen and oxygen atoms in total. The van der Waals surface area contributed by atoms with Gasteiger partial charge in [-0.05, 0) is 38.1 Å². The van der Waals surface area contributed by atoms with Crippen molar-refractivity contribution in [2.75, 3.05) is 13.7 Å². The molecule has 0 bridgehead atoms. The van der Waals surface area contributed by atoms with E-state index in [2.05, 4.69) is 10.3 Å². The van der Waals surface area contributed by atoms with Gasteiger partial charge in [0.1, 0.15) is 30.3 Å². The van der Waals surface area contributed by atoms with Crippen molar-refractivity contribution >= 4 is 11.9 Å². The zero-order valence-corrected chi connectivity index (χ0v) is 19.7. The lowest BCUT2D eigenvalue weighted by Gasteiger charge is -2.26. The number of benzene rings is 2. The lowest BCUT2D eigenvalue weighted by Crippen LogP contribution is -2.44. The van der Waals surface area contributed by atoms with E-state index in [0.717, 1.165) is 0 Å². The summed E-state index contributed by atoms with van der Waals surface area (Å²) in [4.78, 5) is 29.1. The van der Waals surface area contributed by atoms with E-state index in [0.29, 0.717) is 11.5 Å². The zero-order valence-electron chi connectivity index (χ0n) is 19.7. The number of esters is 1. The Hall–Kier alpha value is -4.27. The minimum absolute atomic E-state index is 0.0910. The summed E-state index contributed by atoms with van der Waals surface area (Å²) in [5, 5.41) is 12.6. The van der Waals surface area contributed by atoms with Gasteiger partial charge < -0.3 is 29.4 Å². The Morgan fingerprint density at radius 1 is 0.971 bits per heavy atom. The molecule has 0 aliphatic heterocycles. The van der Waals surface area contributed by atoms with E-state index in [1.54, 1.807) is 19.1 Å². The van der Waals surface area contributed by atoms with Crippen LogP contribution in [0, 0.1) is 0 Å². The first-order valence-corrected chi connectivity index (χ1v) is 11.0.